The van der Waals surface area contributed by atoms with E-state index in [1.165, 1.54) is 25.9 Å². The van der Waals surface area contributed by atoms with Crippen molar-refractivity contribution >= 4 is 5.91 Å². The van der Waals surface area contributed by atoms with Crippen molar-refractivity contribution in [3.05, 3.63) is 29.8 Å². The van der Waals surface area contributed by atoms with Crippen molar-refractivity contribution in [3.63, 3.8) is 0 Å². The molecule has 122 valence electrons. The summed E-state index contributed by atoms with van der Waals surface area (Å²) in [6.45, 7) is 6.90. The van der Waals surface area contributed by atoms with Crippen molar-refractivity contribution in [1.29, 1.82) is 0 Å². The molecule has 0 unspecified atom stereocenters. The molecule has 4 heteroatoms. The summed E-state index contributed by atoms with van der Waals surface area (Å²) in [6.07, 6.45) is 3.08. The van der Waals surface area contributed by atoms with Crippen LogP contribution in [-0.2, 0) is 4.79 Å². The van der Waals surface area contributed by atoms with E-state index in [1.54, 1.807) is 6.92 Å². The molecule has 0 bridgehead atoms. The molecule has 1 aliphatic heterocycles. The predicted octanol–water partition coefficient (Wildman–Crippen LogP) is 2.61. The summed E-state index contributed by atoms with van der Waals surface area (Å²) in [7, 11) is 2.17. The minimum atomic E-state index is -0.459. The van der Waals surface area contributed by atoms with E-state index in [2.05, 4.69) is 17.3 Å². The fourth-order valence-electron chi connectivity index (χ4n) is 2.84. The highest BCUT2D eigenvalue weighted by atomic mass is 16.5. The van der Waals surface area contributed by atoms with E-state index < -0.39 is 6.10 Å². The Labute approximate surface area is 133 Å². The van der Waals surface area contributed by atoms with E-state index in [1.807, 2.05) is 31.2 Å². The van der Waals surface area contributed by atoms with E-state index in [-0.39, 0.29) is 5.91 Å². The Morgan fingerprint density at radius 2 is 2.14 bits per heavy atom. The van der Waals surface area contributed by atoms with Crippen LogP contribution in [0.1, 0.15) is 31.7 Å². The largest absolute Gasteiger partial charge is 0.481 e. The number of amides is 1. The Kier molecular flexibility index (Phi) is 6.25. The first kappa shape index (κ1) is 16.8. The molecule has 1 aromatic rings. The number of benzene rings is 1. The van der Waals surface area contributed by atoms with Gasteiger partial charge in [-0.15, -0.1) is 0 Å². The van der Waals surface area contributed by atoms with Gasteiger partial charge in [0.1, 0.15) is 5.75 Å². The molecule has 0 aromatic heterocycles. The topological polar surface area (TPSA) is 41.6 Å². The van der Waals surface area contributed by atoms with E-state index in [0.29, 0.717) is 0 Å². The molecule has 1 aromatic carbocycles. The molecule has 1 amide bonds. The van der Waals surface area contributed by atoms with Gasteiger partial charge in [-0.25, -0.2) is 0 Å². The molecule has 1 atom stereocenters. The van der Waals surface area contributed by atoms with Gasteiger partial charge in [-0.3, -0.25) is 4.79 Å². The number of hydrogen-bond acceptors (Lipinski definition) is 3. The van der Waals surface area contributed by atoms with Crippen molar-refractivity contribution in [2.75, 3.05) is 26.7 Å². The molecule has 1 saturated heterocycles. The quantitative estimate of drug-likeness (QED) is 0.878. The third kappa shape index (κ3) is 5.34. The summed E-state index contributed by atoms with van der Waals surface area (Å²) < 4.78 is 5.69. The van der Waals surface area contributed by atoms with Crippen LogP contribution >= 0.6 is 0 Å². The first-order valence-corrected chi connectivity index (χ1v) is 8.24. The van der Waals surface area contributed by atoms with Crippen LogP contribution in [0.15, 0.2) is 24.3 Å². The van der Waals surface area contributed by atoms with Gasteiger partial charge in [-0.05, 0) is 76.9 Å². The Hall–Kier alpha value is -1.55. The number of piperidine rings is 1. The number of nitrogens with zero attached hydrogens (tertiary/aromatic N) is 1. The minimum Gasteiger partial charge on any atom is -0.481 e. The van der Waals surface area contributed by atoms with Crippen LogP contribution in [0.4, 0.5) is 0 Å². The van der Waals surface area contributed by atoms with E-state index in [9.17, 15) is 4.79 Å². The molecule has 2 rings (SSSR count). The van der Waals surface area contributed by atoms with Crippen LogP contribution in [0, 0.1) is 12.8 Å². The van der Waals surface area contributed by atoms with E-state index >= 15 is 0 Å². The average molecular weight is 304 g/mol. The molecule has 0 radical (unpaired) electrons. The van der Waals surface area contributed by atoms with Gasteiger partial charge >= 0.3 is 0 Å². The Balaban J connectivity index is 1.68. The van der Waals surface area contributed by atoms with Crippen LogP contribution in [0.5, 0.6) is 5.75 Å². The first-order chi connectivity index (χ1) is 10.5. The number of carbonyl (C=O) groups is 1. The van der Waals surface area contributed by atoms with Crippen LogP contribution in [0.3, 0.4) is 0 Å². The Morgan fingerprint density at radius 1 is 1.41 bits per heavy atom. The molecular weight excluding hydrogens is 276 g/mol. The van der Waals surface area contributed by atoms with Crippen molar-refractivity contribution in [2.45, 2.75) is 39.2 Å². The molecule has 22 heavy (non-hydrogen) atoms. The summed E-state index contributed by atoms with van der Waals surface area (Å²) in [5, 5.41) is 3.00. The first-order valence-electron chi connectivity index (χ1n) is 8.24. The maximum absolute atomic E-state index is 12.1. The van der Waals surface area contributed by atoms with Gasteiger partial charge in [-0.1, -0.05) is 12.1 Å². The number of rotatable bonds is 6. The molecule has 1 fully saturated rings. The Bertz CT molecular complexity index is 482. The fraction of sp³-hybridized carbons (Fsp3) is 0.611. The van der Waals surface area contributed by atoms with Gasteiger partial charge < -0.3 is 15.0 Å². The zero-order valence-corrected chi connectivity index (χ0v) is 14.0. The van der Waals surface area contributed by atoms with E-state index in [0.717, 1.165) is 30.2 Å². The highest BCUT2D eigenvalue weighted by Crippen LogP contribution is 2.19. The van der Waals surface area contributed by atoms with E-state index in [4.69, 9.17) is 4.74 Å². The Morgan fingerprint density at radius 3 is 2.82 bits per heavy atom. The second-order valence-corrected chi connectivity index (χ2v) is 6.40. The molecule has 1 aliphatic rings. The standard InChI is InChI=1S/C18H28N2O2/c1-14-5-4-6-17(13-14)22-15(2)18(21)19-10-7-16-8-11-20(3)12-9-16/h4-6,13,15-16H,7-12H2,1-3H3,(H,19,21)/t15-/m1/s1. The lowest BCUT2D eigenvalue weighted by Gasteiger charge is -2.29. The summed E-state index contributed by atoms with van der Waals surface area (Å²) >= 11 is 0. The zero-order valence-electron chi connectivity index (χ0n) is 14.0. The van der Waals surface area contributed by atoms with Gasteiger partial charge in [-0.2, -0.15) is 0 Å². The fourth-order valence-corrected chi connectivity index (χ4v) is 2.84. The predicted molar refractivity (Wildman–Crippen MR) is 89.1 cm³/mol. The lowest BCUT2D eigenvalue weighted by molar-refractivity contribution is -0.127. The van der Waals surface area contributed by atoms with Crippen molar-refractivity contribution < 1.29 is 9.53 Å². The molecule has 4 nitrogen and oxygen atoms in total. The SMILES string of the molecule is Cc1cccc(O[C@H](C)C(=O)NCCC2CCN(C)CC2)c1. The van der Waals surface area contributed by atoms with Crippen LogP contribution in [0.25, 0.3) is 0 Å². The number of carbonyl (C=O) groups excluding carboxylic acids is 1. The number of nitrogens with one attached hydrogen (secondary N) is 1. The third-order valence-corrected chi connectivity index (χ3v) is 4.36. The highest BCUT2D eigenvalue weighted by molar-refractivity contribution is 5.80. The third-order valence-electron chi connectivity index (χ3n) is 4.36. The molecule has 1 heterocycles. The lowest BCUT2D eigenvalue weighted by atomic mass is 9.94. The van der Waals surface area contributed by atoms with Gasteiger partial charge in [0.15, 0.2) is 6.10 Å². The van der Waals surface area contributed by atoms with Crippen LogP contribution in [0.2, 0.25) is 0 Å². The van der Waals surface area contributed by atoms with Gasteiger partial charge in [0.05, 0.1) is 0 Å². The average Bonchev–Trinajstić information content (AvgIpc) is 2.49. The molecule has 0 aliphatic carbocycles. The van der Waals surface area contributed by atoms with Crippen molar-refractivity contribution in [1.82, 2.24) is 10.2 Å². The van der Waals surface area contributed by atoms with Gasteiger partial charge in [0.25, 0.3) is 5.91 Å². The molecular formula is C18H28N2O2. The number of aryl methyl sites for hydroxylation is 1. The molecule has 0 spiro atoms. The summed E-state index contributed by atoms with van der Waals surface area (Å²) in [6, 6.07) is 7.78. The highest BCUT2D eigenvalue weighted by Gasteiger charge is 2.18. The maximum Gasteiger partial charge on any atom is 0.260 e. The van der Waals surface area contributed by atoms with Gasteiger partial charge in [0, 0.05) is 6.54 Å². The molecule has 0 saturated carbocycles. The monoisotopic (exact) mass is 304 g/mol. The second kappa shape index (κ2) is 8.18. The van der Waals surface area contributed by atoms with Crippen molar-refractivity contribution in [2.24, 2.45) is 5.92 Å². The normalized spacial score (nSPS) is 18.0. The number of hydrogen-bond donors (Lipinski definition) is 1. The second-order valence-electron chi connectivity index (χ2n) is 6.40. The number of likely N-dealkylation sites (tertiary alicyclic amines) is 1. The smallest absolute Gasteiger partial charge is 0.260 e. The van der Waals surface area contributed by atoms with Gasteiger partial charge in [0.2, 0.25) is 0 Å². The summed E-state index contributed by atoms with van der Waals surface area (Å²) in [4.78, 5) is 14.4. The zero-order chi connectivity index (χ0) is 15.9. The van der Waals surface area contributed by atoms with Crippen LogP contribution in [-0.4, -0.2) is 43.6 Å². The lowest BCUT2D eigenvalue weighted by Crippen LogP contribution is -2.38. The molecule has 1 N–H and O–H groups in total. The summed E-state index contributed by atoms with van der Waals surface area (Å²) in [5.74, 6) is 1.46. The van der Waals surface area contributed by atoms with Crippen molar-refractivity contribution in [3.8, 4) is 5.75 Å². The maximum atomic E-state index is 12.1. The minimum absolute atomic E-state index is 0.0329. The number of ether oxygens (including phenoxy) is 1. The van der Waals surface area contributed by atoms with Crippen LogP contribution < -0.4 is 10.1 Å². The summed E-state index contributed by atoms with van der Waals surface area (Å²) in [5.41, 5.74) is 1.13.